The van der Waals surface area contributed by atoms with Crippen LogP contribution in [0.1, 0.15) is 37.3 Å². The third-order valence-electron chi connectivity index (χ3n) is 6.02. The number of ether oxygens (including phenoxy) is 1. The Hall–Kier alpha value is -2.67. The van der Waals surface area contributed by atoms with Gasteiger partial charge in [0.2, 0.25) is 5.88 Å². The first-order chi connectivity index (χ1) is 16.2. The summed E-state index contributed by atoms with van der Waals surface area (Å²) in [6.45, 7) is 7.09. The lowest BCUT2D eigenvalue weighted by molar-refractivity contribution is 0.00858. The zero-order valence-corrected chi connectivity index (χ0v) is 19.5. The maximum Gasteiger partial charge on any atom is 0.232 e. The van der Waals surface area contributed by atoms with Crippen LogP contribution in [0.15, 0.2) is 65.2 Å². The Morgan fingerprint density at radius 3 is 2.45 bits per heavy atom. The maximum absolute atomic E-state index is 10.7. The van der Waals surface area contributed by atoms with Gasteiger partial charge in [-0.3, -0.25) is 4.90 Å². The Morgan fingerprint density at radius 1 is 1.06 bits per heavy atom. The second kappa shape index (κ2) is 12.0. The molecule has 4 rings (SSSR count). The summed E-state index contributed by atoms with van der Waals surface area (Å²) in [6.07, 6.45) is 2.80. The Balaban J connectivity index is 1.45. The van der Waals surface area contributed by atoms with Crippen LogP contribution >= 0.6 is 0 Å². The number of anilines is 1. The third-order valence-corrected chi connectivity index (χ3v) is 6.02. The lowest BCUT2D eigenvalue weighted by atomic mass is 10.1. The fourth-order valence-electron chi connectivity index (χ4n) is 4.45. The second-order valence-corrected chi connectivity index (χ2v) is 8.76. The zero-order chi connectivity index (χ0) is 22.9. The molecule has 0 unspecified atom stereocenters. The average molecular weight is 450 g/mol. The van der Waals surface area contributed by atoms with Crippen LogP contribution in [-0.4, -0.2) is 54.1 Å². The van der Waals surface area contributed by atoms with Gasteiger partial charge in [-0.15, -0.1) is 0 Å². The molecule has 1 aliphatic rings. The fraction of sp³-hybridized carbons (Fsp3) is 0.444. The smallest absolute Gasteiger partial charge is 0.232 e. The molecule has 6 heteroatoms. The summed E-state index contributed by atoms with van der Waals surface area (Å²) < 4.78 is 11.7. The molecule has 1 atom stereocenters. The van der Waals surface area contributed by atoms with E-state index in [0.717, 1.165) is 54.3 Å². The molecule has 0 saturated carbocycles. The summed E-state index contributed by atoms with van der Waals surface area (Å²) in [5.41, 5.74) is 4.18. The highest BCUT2D eigenvalue weighted by molar-refractivity contribution is 5.68. The first-order valence-corrected chi connectivity index (χ1v) is 12.1. The van der Waals surface area contributed by atoms with E-state index in [2.05, 4.69) is 34.0 Å². The molecular formula is C27H35N3O3. The molecule has 1 aliphatic heterocycles. The molecule has 0 amide bonds. The molecule has 2 heterocycles. The summed E-state index contributed by atoms with van der Waals surface area (Å²) in [4.78, 5) is 4.59. The molecule has 1 fully saturated rings. The molecule has 6 nitrogen and oxygen atoms in total. The molecule has 1 aromatic heterocycles. The average Bonchev–Trinajstić information content (AvgIpc) is 3.50. The first kappa shape index (κ1) is 23.5. The topological polar surface area (TPSA) is 62.0 Å². The van der Waals surface area contributed by atoms with Gasteiger partial charge < -0.3 is 19.3 Å². The number of hydrogen-bond donors (Lipinski definition) is 1. The van der Waals surface area contributed by atoms with Crippen molar-refractivity contribution in [3.63, 3.8) is 0 Å². The molecule has 2 aromatic carbocycles. The van der Waals surface area contributed by atoms with E-state index in [1.807, 2.05) is 48.5 Å². The summed E-state index contributed by atoms with van der Waals surface area (Å²) in [6, 6.07) is 20.3. The predicted octanol–water partition coefficient (Wildman–Crippen LogP) is 4.73. The largest absolute Gasteiger partial charge is 0.389 e. The van der Waals surface area contributed by atoms with Gasteiger partial charge in [0.25, 0.3) is 0 Å². The SMILES string of the molecule is CCCN(Cc1c(-c2ccccc2)noc1N1CCCC1)C[C@@H](O)COCc1ccccc1. The van der Waals surface area contributed by atoms with Crippen LogP contribution in [0, 0.1) is 0 Å². The zero-order valence-electron chi connectivity index (χ0n) is 19.5. The molecule has 0 bridgehead atoms. The van der Waals surface area contributed by atoms with Crippen molar-refractivity contribution in [2.45, 2.75) is 45.4 Å². The number of nitrogens with zero attached hydrogens (tertiary/aromatic N) is 3. The third kappa shape index (κ3) is 6.44. The summed E-state index contributed by atoms with van der Waals surface area (Å²) in [5, 5.41) is 15.2. The minimum absolute atomic E-state index is 0.309. The monoisotopic (exact) mass is 449 g/mol. The molecule has 0 aliphatic carbocycles. The summed E-state index contributed by atoms with van der Waals surface area (Å²) in [5.74, 6) is 0.877. The van der Waals surface area contributed by atoms with Crippen molar-refractivity contribution in [2.24, 2.45) is 0 Å². The number of aromatic nitrogens is 1. The Morgan fingerprint density at radius 2 is 1.76 bits per heavy atom. The molecule has 1 saturated heterocycles. The fourth-order valence-corrected chi connectivity index (χ4v) is 4.45. The van der Waals surface area contributed by atoms with Crippen molar-refractivity contribution < 1.29 is 14.4 Å². The van der Waals surface area contributed by atoms with Gasteiger partial charge in [-0.1, -0.05) is 72.7 Å². The van der Waals surface area contributed by atoms with Crippen molar-refractivity contribution in [3.05, 3.63) is 71.8 Å². The molecular weight excluding hydrogens is 414 g/mol. The molecule has 176 valence electrons. The van der Waals surface area contributed by atoms with Crippen molar-refractivity contribution in [1.82, 2.24) is 10.1 Å². The van der Waals surface area contributed by atoms with E-state index >= 15 is 0 Å². The highest BCUT2D eigenvalue weighted by Crippen LogP contribution is 2.34. The highest BCUT2D eigenvalue weighted by Gasteiger charge is 2.26. The van der Waals surface area contributed by atoms with E-state index in [9.17, 15) is 5.11 Å². The summed E-state index contributed by atoms with van der Waals surface area (Å²) >= 11 is 0. The van der Waals surface area contributed by atoms with Crippen LogP contribution in [0.2, 0.25) is 0 Å². The van der Waals surface area contributed by atoms with Crippen LogP contribution in [0.4, 0.5) is 5.88 Å². The minimum atomic E-state index is -0.560. The number of rotatable bonds is 12. The molecule has 3 aromatic rings. The minimum Gasteiger partial charge on any atom is -0.389 e. The van der Waals surface area contributed by atoms with Gasteiger partial charge >= 0.3 is 0 Å². The van der Waals surface area contributed by atoms with Gasteiger partial charge in [-0.25, -0.2) is 0 Å². The van der Waals surface area contributed by atoms with Gasteiger partial charge in [-0.2, -0.15) is 0 Å². The van der Waals surface area contributed by atoms with Gasteiger partial charge in [-0.05, 0) is 31.4 Å². The number of benzene rings is 2. The lowest BCUT2D eigenvalue weighted by Gasteiger charge is -2.26. The Labute approximate surface area is 196 Å². The van der Waals surface area contributed by atoms with Crippen molar-refractivity contribution in [3.8, 4) is 11.3 Å². The molecule has 0 spiro atoms. The Kier molecular flexibility index (Phi) is 8.53. The quantitative estimate of drug-likeness (QED) is 0.431. The van der Waals surface area contributed by atoms with Crippen molar-refractivity contribution in [1.29, 1.82) is 0 Å². The molecule has 1 N–H and O–H groups in total. The van der Waals surface area contributed by atoms with E-state index in [0.29, 0.717) is 26.3 Å². The van der Waals surface area contributed by atoms with E-state index < -0.39 is 6.10 Å². The standard InChI is InChI=1S/C27H35N3O3/c1-2-15-29(18-24(31)21-32-20-22-11-5-3-6-12-22)19-25-26(23-13-7-4-8-14-23)28-33-27(25)30-16-9-10-17-30/h3-8,11-14,24,31H,2,9-10,15-21H2,1H3/t24-/m1/s1. The maximum atomic E-state index is 10.7. The van der Waals surface area contributed by atoms with Crippen LogP contribution in [0.25, 0.3) is 11.3 Å². The predicted molar refractivity (Wildman–Crippen MR) is 131 cm³/mol. The van der Waals surface area contributed by atoms with Crippen LogP contribution in [-0.2, 0) is 17.9 Å². The lowest BCUT2D eigenvalue weighted by Crippen LogP contribution is -2.35. The van der Waals surface area contributed by atoms with Crippen LogP contribution in [0.5, 0.6) is 0 Å². The number of aliphatic hydroxyl groups excluding tert-OH is 1. The van der Waals surface area contributed by atoms with Crippen LogP contribution < -0.4 is 4.90 Å². The van der Waals surface area contributed by atoms with Gasteiger partial charge in [0.15, 0.2) is 0 Å². The van der Waals surface area contributed by atoms with E-state index in [-0.39, 0.29) is 0 Å². The van der Waals surface area contributed by atoms with Gasteiger partial charge in [0, 0.05) is 31.7 Å². The van der Waals surface area contributed by atoms with E-state index in [4.69, 9.17) is 9.26 Å². The Bertz CT molecular complexity index is 955. The molecule has 0 radical (unpaired) electrons. The number of aliphatic hydroxyl groups is 1. The summed E-state index contributed by atoms with van der Waals surface area (Å²) in [7, 11) is 0. The van der Waals surface area contributed by atoms with Crippen molar-refractivity contribution >= 4 is 5.88 Å². The van der Waals surface area contributed by atoms with Gasteiger partial charge in [0.1, 0.15) is 5.69 Å². The van der Waals surface area contributed by atoms with Crippen LogP contribution in [0.3, 0.4) is 0 Å². The highest BCUT2D eigenvalue weighted by atomic mass is 16.5. The van der Waals surface area contributed by atoms with E-state index in [1.165, 1.54) is 12.8 Å². The first-order valence-electron chi connectivity index (χ1n) is 12.1. The van der Waals surface area contributed by atoms with Gasteiger partial charge in [0.05, 0.1) is 24.9 Å². The van der Waals surface area contributed by atoms with E-state index in [1.54, 1.807) is 0 Å². The van der Waals surface area contributed by atoms with Crippen molar-refractivity contribution in [2.75, 3.05) is 37.7 Å². The molecule has 33 heavy (non-hydrogen) atoms. The number of hydrogen-bond acceptors (Lipinski definition) is 6. The second-order valence-electron chi connectivity index (χ2n) is 8.76. The normalized spacial score (nSPS) is 14.8.